The largest absolute Gasteiger partial charge is 0.507 e. The molecule has 0 unspecified atom stereocenters. The summed E-state index contributed by atoms with van der Waals surface area (Å²) in [6.45, 7) is 12.8. The highest BCUT2D eigenvalue weighted by atomic mass is 35.5. The molecule has 3 N–H and O–H groups in total. The van der Waals surface area contributed by atoms with Crippen LogP contribution in [0.5, 0.6) is 5.75 Å². The summed E-state index contributed by atoms with van der Waals surface area (Å²) in [7, 11) is 0. The van der Waals surface area contributed by atoms with Gasteiger partial charge in [-0.2, -0.15) is 0 Å². The van der Waals surface area contributed by atoms with Crippen molar-refractivity contribution in [1.29, 1.82) is 0 Å². The summed E-state index contributed by atoms with van der Waals surface area (Å²) >= 11 is 0. The van der Waals surface area contributed by atoms with Gasteiger partial charge < -0.3 is 20.5 Å². The molecule has 0 spiro atoms. The molecule has 2 aliphatic rings. The number of hydrogen-bond acceptors (Lipinski definition) is 4. The maximum absolute atomic E-state index is 10.5. The monoisotopic (exact) mass is 418 g/mol. The van der Waals surface area contributed by atoms with Crippen LogP contribution in [0, 0.1) is 18.3 Å². The number of nitrogens with zero attached hydrogens (tertiary/aromatic N) is 1. The van der Waals surface area contributed by atoms with E-state index in [1.54, 1.807) is 0 Å². The molecular weight excluding hydrogens is 383 g/mol. The molecule has 1 aromatic carbocycles. The van der Waals surface area contributed by atoms with Crippen molar-refractivity contribution >= 4 is 24.8 Å². The van der Waals surface area contributed by atoms with Crippen LogP contribution in [0.2, 0.25) is 0 Å². The Morgan fingerprint density at radius 2 is 1.81 bits per heavy atom. The lowest BCUT2D eigenvalue weighted by molar-refractivity contribution is -0.0659. The van der Waals surface area contributed by atoms with Crippen molar-refractivity contribution in [3.63, 3.8) is 0 Å². The quantitative estimate of drug-likeness (QED) is 0.769. The second-order valence-corrected chi connectivity index (χ2v) is 9.08. The van der Waals surface area contributed by atoms with Crippen molar-refractivity contribution in [2.75, 3.05) is 26.2 Å². The third kappa shape index (κ3) is 5.74. The van der Waals surface area contributed by atoms with Gasteiger partial charge in [0.05, 0.1) is 12.2 Å². The van der Waals surface area contributed by atoms with Gasteiger partial charge in [-0.05, 0) is 55.3 Å². The van der Waals surface area contributed by atoms with Crippen LogP contribution in [-0.2, 0) is 11.2 Å². The lowest BCUT2D eigenvalue weighted by Gasteiger charge is -2.41. The number of likely N-dealkylation sites (tertiary alicyclic amines) is 1. The maximum Gasteiger partial charge on any atom is 0.122 e. The molecule has 6 heteroatoms. The van der Waals surface area contributed by atoms with Crippen molar-refractivity contribution < 1.29 is 9.84 Å². The molecule has 27 heavy (non-hydrogen) atoms. The third-order valence-electron chi connectivity index (χ3n) is 5.68. The SMILES string of the molecule is Cc1ccc2c(c1O)C[C@@H](C1CCN(CC(C)(C)C)CC1)O[C@H]2CN.Cl.Cl. The zero-order chi connectivity index (χ0) is 18.2. The number of piperidine rings is 1. The molecule has 0 aromatic heterocycles. The van der Waals surface area contributed by atoms with Gasteiger partial charge >= 0.3 is 0 Å². The van der Waals surface area contributed by atoms with E-state index >= 15 is 0 Å². The fraction of sp³-hybridized carbons (Fsp3) is 0.714. The predicted octanol–water partition coefficient (Wildman–Crippen LogP) is 4.24. The molecule has 2 heterocycles. The number of ether oxygens (including phenoxy) is 1. The summed E-state index contributed by atoms with van der Waals surface area (Å²) in [6.07, 6.45) is 3.22. The Bertz CT molecular complexity index is 611. The van der Waals surface area contributed by atoms with Gasteiger partial charge in [-0.3, -0.25) is 0 Å². The maximum atomic E-state index is 10.5. The van der Waals surface area contributed by atoms with Crippen LogP contribution in [-0.4, -0.2) is 42.3 Å². The number of rotatable bonds is 3. The first-order valence-corrected chi connectivity index (χ1v) is 9.67. The Kier molecular flexibility index (Phi) is 8.90. The highest BCUT2D eigenvalue weighted by Crippen LogP contribution is 2.40. The molecule has 2 aliphatic heterocycles. The molecule has 3 rings (SSSR count). The van der Waals surface area contributed by atoms with Crippen LogP contribution in [0.3, 0.4) is 0 Å². The second-order valence-electron chi connectivity index (χ2n) is 9.08. The molecular formula is C21H36Cl2N2O2. The Morgan fingerprint density at radius 3 is 2.37 bits per heavy atom. The summed E-state index contributed by atoms with van der Waals surface area (Å²) in [5, 5.41) is 10.5. The molecule has 1 saturated heterocycles. The van der Waals surface area contributed by atoms with Crippen LogP contribution in [0.4, 0.5) is 0 Å². The summed E-state index contributed by atoms with van der Waals surface area (Å²) in [5.74, 6) is 0.993. The average molecular weight is 419 g/mol. The summed E-state index contributed by atoms with van der Waals surface area (Å²) in [5.41, 5.74) is 9.40. The van der Waals surface area contributed by atoms with Gasteiger partial charge in [0.15, 0.2) is 0 Å². The minimum Gasteiger partial charge on any atom is -0.507 e. The van der Waals surface area contributed by atoms with Gasteiger partial charge in [0.25, 0.3) is 0 Å². The number of fused-ring (bicyclic) bond motifs is 1. The Labute approximate surface area is 176 Å². The van der Waals surface area contributed by atoms with E-state index in [2.05, 4.69) is 31.7 Å². The van der Waals surface area contributed by atoms with Crippen molar-refractivity contribution in [3.05, 3.63) is 28.8 Å². The van der Waals surface area contributed by atoms with E-state index in [0.717, 1.165) is 42.7 Å². The van der Waals surface area contributed by atoms with E-state index in [1.165, 1.54) is 12.8 Å². The minimum atomic E-state index is -0.0899. The second kappa shape index (κ2) is 9.80. The molecule has 0 bridgehead atoms. The standard InChI is InChI=1S/C21H34N2O2.2ClH/c1-14-5-6-16-17(20(14)24)11-18(25-19(16)12-22)15-7-9-23(10-8-15)13-21(2,3)4;;/h5-6,15,18-19,24H,7-13,22H2,1-4H3;2*1H/t18-,19-;;/m0../s1. The highest BCUT2D eigenvalue weighted by Gasteiger charge is 2.35. The van der Waals surface area contributed by atoms with E-state index in [-0.39, 0.29) is 37.0 Å². The van der Waals surface area contributed by atoms with Gasteiger partial charge in [-0.15, -0.1) is 24.8 Å². The van der Waals surface area contributed by atoms with E-state index in [9.17, 15) is 5.11 Å². The lowest BCUT2D eigenvalue weighted by atomic mass is 9.82. The van der Waals surface area contributed by atoms with E-state index in [1.807, 2.05) is 13.0 Å². The smallest absolute Gasteiger partial charge is 0.122 e. The van der Waals surface area contributed by atoms with Gasteiger partial charge in [0.1, 0.15) is 5.75 Å². The fourth-order valence-electron chi connectivity index (χ4n) is 4.43. The summed E-state index contributed by atoms with van der Waals surface area (Å²) < 4.78 is 6.38. The molecule has 0 radical (unpaired) electrons. The van der Waals surface area contributed by atoms with Crippen LogP contribution >= 0.6 is 24.8 Å². The number of halogens is 2. The van der Waals surface area contributed by atoms with Crippen molar-refractivity contribution in [2.24, 2.45) is 17.1 Å². The number of hydrogen-bond donors (Lipinski definition) is 2. The van der Waals surface area contributed by atoms with Gasteiger partial charge in [0, 0.05) is 25.1 Å². The normalized spacial score (nSPS) is 23.9. The lowest BCUT2D eigenvalue weighted by Crippen LogP contribution is -2.44. The first kappa shape index (κ1) is 24.5. The predicted molar refractivity (Wildman–Crippen MR) is 116 cm³/mol. The Hall–Kier alpha value is -0.520. The molecule has 156 valence electrons. The first-order valence-electron chi connectivity index (χ1n) is 9.67. The summed E-state index contributed by atoms with van der Waals surface area (Å²) in [6, 6.07) is 4.04. The zero-order valence-electron chi connectivity index (χ0n) is 17.0. The van der Waals surface area contributed by atoms with Crippen molar-refractivity contribution in [3.8, 4) is 5.75 Å². The summed E-state index contributed by atoms with van der Waals surface area (Å²) in [4.78, 5) is 2.58. The number of phenols is 1. The Balaban J connectivity index is 0.00000182. The molecule has 4 nitrogen and oxygen atoms in total. The number of aromatic hydroxyl groups is 1. The van der Waals surface area contributed by atoms with Crippen LogP contribution in [0.15, 0.2) is 12.1 Å². The molecule has 0 amide bonds. The van der Waals surface area contributed by atoms with E-state index in [0.29, 0.717) is 23.6 Å². The topological polar surface area (TPSA) is 58.7 Å². The molecule has 2 atom stereocenters. The zero-order valence-corrected chi connectivity index (χ0v) is 18.7. The Morgan fingerprint density at radius 1 is 1.19 bits per heavy atom. The number of phenolic OH excluding ortho intramolecular Hbond substituents is 1. The number of nitrogens with two attached hydrogens (primary N) is 1. The van der Waals surface area contributed by atoms with Crippen LogP contribution in [0.25, 0.3) is 0 Å². The molecule has 1 aromatic rings. The fourth-order valence-corrected chi connectivity index (χ4v) is 4.43. The van der Waals surface area contributed by atoms with Crippen LogP contribution in [0.1, 0.15) is 56.4 Å². The molecule has 0 aliphatic carbocycles. The van der Waals surface area contributed by atoms with Crippen molar-refractivity contribution in [1.82, 2.24) is 4.90 Å². The average Bonchev–Trinajstić information content (AvgIpc) is 2.56. The van der Waals surface area contributed by atoms with Crippen LogP contribution < -0.4 is 5.73 Å². The minimum absolute atomic E-state index is 0. The third-order valence-corrected chi connectivity index (χ3v) is 5.68. The number of aryl methyl sites for hydroxylation is 1. The van der Waals surface area contributed by atoms with Crippen molar-refractivity contribution in [2.45, 2.75) is 59.2 Å². The van der Waals surface area contributed by atoms with Gasteiger partial charge in [-0.25, -0.2) is 0 Å². The van der Waals surface area contributed by atoms with Gasteiger partial charge in [-0.1, -0.05) is 32.9 Å². The van der Waals surface area contributed by atoms with E-state index in [4.69, 9.17) is 10.5 Å². The molecule has 0 saturated carbocycles. The number of benzene rings is 1. The first-order chi connectivity index (χ1) is 11.8. The molecule has 1 fully saturated rings. The highest BCUT2D eigenvalue weighted by molar-refractivity contribution is 5.85. The van der Waals surface area contributed by atoms with E-state index < -0.39 is 0 Å². The van der Waals surface area contributed by atoms with Gasteiger partial charge in [0.2, 0.25) is 0 Å².